The van der Waals surface area contributed by atoms with Crippen molar-refractivity contribution in [2.75, 3.05) is 26.9 Å². The van der Waals surface area contributed by atoms with Gasteiger partial charge in [-0.25, -0.2) is 0 Å². The van der Waals surface area contributed by atoms with Crippen molar-refractivity contribution < 1.29 is 46.0 Å². The monoisotopic (exact) mass is 735 g/mol. The van der Waals surface area contributed by atoms with E-state index in [9.17, 15) is 27.6 Å². The summed E-state index contributed by atoms with van der Waals surface area (Å²) in [5.41, 5.74) is -1.07. The first-order chi connectivity index (χ1) is 22.4. The van der Waals surface area contributed by atoms with E-state index in [-0.39, 0.29) is 48.6 Å². The maximum atomic E-state index is 14.5. The number of Topliss-reactive ketones (excluding diaryl/α,β-unsaturated/α-hetero) is 1. The van der Waals surface area contributed by atoms with Gasteiger partial charge in [0.15, 0.2) is 5.78 Å². The number of carbonyl (C=O) groups is 4. The molecule has 3 saturated carbocycles. The lowest BCUT2D eigenvalue weighted by atomic mass is 9.82. The summed E-state index contributed by atoms with van der Waals surface area (Å²) >= 11 is 3.30. The highest BCUT2D eigenvalue weighted by Crippen LogP contribution is 2.57. The molecule has 0 aromatic heterocycles. The molecule has 47 heavy (non-hydrogen) atoms. The Hall–Kier alpha value is -2.61. The van der Waals surface area contributed by atoms with Gasteiger partial charge in [-0.1, -0.05) is 22.0 Å². The lowest BCUT2D eigenvalue weighted by molar-refractivity contribution is -0.156. The SMILES string of the molecule is C=C[C@@H]1C[C@]1(CC(=O)[C@@H]1C[C@H](OS(=O)(=O)c2ccc(Br)cc2)CN1C(=O)C(CC(=O)OC1C[C@@H]2C[C@@H]2C1)C1CCOCC1)C(=O)OC. The number of methoxy groups -OCH3 is 1. The second kappa shape index (κ2) is 13.7. The third-order valence-corrected chi connectivity index (χ3v) is 12.7. The first-order valence-corrected chi connectivity index (χ1v) is 18.6. The number of hydrogen-bond acceptors (Lipinski definition) is 10. The summed E-state index contributed by atoms with van der Waals surface area (Å²) in [6.45, 7) is 4.51. The number of likely N-dealkylation sites (tertiary alicyclic amines) is 1. The zero-order valence-electron chi connectivity index (χ0n) is 26.5. The van der Waals surface area contributed by atoms with Gasteiger partial charge in [0.1, 0.15) is 6.10 Å². The third kappa shape index (κ3) is 7.38. The van der Waals surface area contributed by atoms with Gasteiger partial charge in [0.2, 0.25) is 5.91 Å². The predicted octanol–water partition coefficient (Wildman–Crippen LogP) is 4.22. The molecule has 11 nitrogen and oxygen atoms in total. The lowest BCUT2D eigenvalue weighted by Crippen LogP contribution is -2.47. The van der Waals surface area contributed by atoms with Crippen LogP contribution in [0.5, 0.6) is 0 Å². The summed E-state index contributed by atoms with van der Waals surface area (Å²) < 4.78 is 49.2. The molecule has 0 bridgehead atoms. The molecule has 2 saturated heterocycles. The highest BCUT2D eigenvalue weighted by Gasteiger charge is 2.61. The van der Waals surface area contributed by atoms with Crippen LogP contribution in [-0.2, 0) is 47.7 Å². The van der Waals surface area contributed by atoms with Crippen LogP contribution in [0.25, 0.3) is 0 Å². The van der Waals surface area contributed by atoms with Crippen LogP contribution < -0.4 is 0 Å². The molecule has 1 amide bonds. The van der Waals surface area contributed by atoms with Gasteiger partial charge in [-0.15, -0.1) is 6.58 Å². The van der Waals surface area contributed by atoms with Crippen molar-refractivity contribution in [1.82, 2.24) is 4.90 Å². The number of rotatable bonds is 13. The van der Waals surface area contributed by atoms with Crippen molar-refractivity contribution >= 4 is 49.7 Å². The maximum absolute atomic E-state index is 14.5. The number of hydrogen-bond donors (Lipinski definition) is 0. The Morgan fingerprint density at radius 3 is 2.36 bits per heavy atom. The molecule has 6 rings (SSSR count). The Labute approximate surface area is 283 Å². The zero-order valence-corrected chi connectivity index (χ0v) is 28.9. The molecule has 5 fully saturated rings. The molecule has 8 atom stereocenters. The Balaban J connectivity index is 1.24. The van der Waals surface area contributed by atoms with Gasteiger partial charge < -0.3 is 19.1 Å². The van der Waals surface area contributed by atoms with Crippen molar-refractivity contribution in [3.63, 3.8) is 0 Å². The van der Waals surface area contributed by atoms with Crippen LogP contribution in [0.1, 0.15) is 57.8 Å². The minimum atomic E-state index is -4.23. The molecule has 5 aliphatic rings. The van der Waals surface area contributed by atoms with Gasteiger partial charge in [-0.05, 0) is 86.5 Å². The van der Waals surface area contributed by atoms with Crippen molar-refractivity contribution in [2.45, 2.75) is 80.9 Å². The van der Waals surface area contributed by atoms with Crippen molar-refractivity contribution in [3.8, 4) is 0 Å². The Bertz CT molecular complexity index is 1500. The number of ketones is 1. The molecule has 2 unspecified atom stereocenters. The van der Waals surface area contributed by atoms with E-state index in [2.05, 4.69) is 22.5 Å². The molecule has 13 heteroatoms. The standard InChI is InChI=1S/C34H42BrNO10S/c1-3-23-17-34(23,33(40)43-2)18-30(37)29-15-26(46-47(41,42)27-6-4-24(35)5-7-27)19-36(29)32(39)28(20-8-10-44-11-9-20)16-31(38)45-25-13-21-12-22(21)14-25/h3-7,20-23,25-26,28-29H,1,8-19H2,2H3/t21-,22+,23-,25?,26+,28?,29+,34-/m1/s1. The minimum Gasteiger partial charge on any atom is -0.469 e. The van der Waals surface area contributed by atoms with E-state index >= 15 is 0 Å². The summed E-state index contributed by atoms with van der Waals surface area (Å²) in [6, 6.07) is 4.92. The van der Waals surface area contributed by atoms with Gasteiger partial charge in [0, 0.05) is 37.1 Å². The quantitative estimate of drug-likeness (QED) is 0.164. The number of fused-ring (bicyclic) bond motifs is 1. The Morgan fingerprint density at radius 1 is 1.06 bits per heavy atom. The highest BCUT2D eigenvalue weighted by atomic mass is 79.9. The van der Waals surface area contributed by atoms with Crippen molar-refractivity contribution in [3.05, 3.63) is 41.4 Å². The maximum Gasteiger partial charge on any atom is 0.312 e. The predicted molar refractivity (Wildman–Crippen MR) is 171 cm³/mol. The number of nitrogens with zero attached hydrogens (tertiary/aromatic N) is 1. The fourth-order valence-corrected chi connectivity index (χ4v) is 9.33. The number of halogens is 1. The molecule has 1 aromatic carbocycles. The van der Waals surface area contributed by atoms with Crippen LogP contribution in [-0.4, -0.2) is 82.1 Å². The van der Waals surface area contributed by atoms with Gasteiger partial charge in [0.05, 0.1) is 41.9 Å². The molecule has 3 aliphatic carbocycles. The first kappa shape index (κ1) is 34.3. The van der Waals surface area contributed by atoms with Crippen LogP contribution in [0.4, 0.5) is 0 Å². The number of carbonyl (C=O) groups excluding carboxylic acids is 4. The number of benzene rings is 1. The second-order valence-corrected chi connectivity index (χ2v) is 16.3. The third-order valence-electron chi connectivity index (χ3n) is 10.8. The van der Waals surface area contributed by atoms with Gasteiger partial charge in [0.25, 0.3) is 10.1 Å². The van der Waals surface area contributed by atoms with E-state index in [1.54, 1.807) is 18.2 Å². The van der Waals surface area contributed by atoms with E-state index in [4.69, 9.17) is 18.4 Å². The van der Waals surface area contributed by atoms with Crippen LogP contribution in [0.2, 0.25) is 0 Å². The smallest absolute Gasteiger partial charge is 0.312 e. The second-order valence-electron chi connectivity index (χ2n) is 13.8. The van der Waals surface area contributed by atoms with Crippen LogP contribution >= 0.6 is 15.9 Å². The van der Waals surface area contributed by atoms with Crippen molar-refractivity contribution in [1.29, 1.82) is 0 Å². The summed E-state index contributed by atoms with van der Waals surface area (Å²) in [4.78, 5) is 55.9. The van der Waals surface area contributed by atoms with E-state index in [0.717, 1.165) is 12.8 Å². The van der Waals surface area contributed by atoms with Gasteiger partial charge in [-0.3, -0.25) is 23.4 Å². The van der Waals surface area contributed by atoms with Gasteiger partial charge >= 0.3 is 11.9 Å². The van der Waals surface area contributed by atoms with Gasteiger partial charge in [-0.2, -0.15) is 8.42 Å². The fraction of sp³-hybridized carbons (Fsp3) is 0.647. The summed E-state index contributed by atoms with van der Waals surface area (Å²) in [5, 5.41) is 0. The van der Waals surface area contributed by atoms with E-state index in [1.165, 1.54) is 30.6 Å². The summed E-state index contributed by atoms with van der Waals surface area (Å²) in [7, 11) is -2.97. The van der Waals surface area contributed by atoms with Crippen LogP contribution in [0.3, 0.4) is 0 Å². The zero-order chi connectivity index (χ0) is 33.5. The Morgan fingerprint density at radius 2 is 1.74 bits per heavy atom. The topological polar surface area (TPSA) is 143 Å². The van der Waals surface area contributed by atoms with Crippen LogP contribution in [0, 0.1) is 35.0 Å². The molecular weight excluding hydrogens is 694 g/mol. The molecule has 1 aromatic rings. The molecule has 256 valence electrons. The summed E-state index contributed by atoms with van der Waals surface area (Å²) in [5.74, 6) is -1.73. The van der Waals surface area contributed by atoms with Crippen LogP contribution in [0.15, 0.2) is 46.3 Å². The molecule has 0 radical (unpaired) electrons. The lowest BCUT2D eigenvalue weighted by Gasteiger charge is -2.34. The number of esters is 2. The van der Waals surface area contributed by atoms with E-state index in [1.807, 2.05) is 0 Å². The molecule has 0 spiro atoms. The minimum absolute atomic E-state index is 0.0582. The number of allylic oxidation sites excluding steroid dienone is 1. The van der Waals surface area contributed by atoms with E-state index in [0.29, 0.717) is 48.8 Å². The average molecular weight is 737 g/mol. The fourth-order valence-electron chi connectivity index (χ4n) is 7.99. The molecule has 2 aliphatic heterocycles. The number of amides is 1. The number of ether oxygens (including phenoxy) is 3. The molecule has 2 heterocycles. The first-order valence-electron chi connectivity index (χ1n) is 16.4. The normalized spacial score (nSPS) is 32.3. The average Bonchev–Trinajstić information content (AvgIpc) is 3.87. The van der Waals surface area contributed by atoms with Crippen molar-refractivity contribution in [2.24, 2.45) is 35.0 Å². The highest BCUT2D eigenvalue weighted by molar-refractivity contribution is 9.10. The molecular formula is C34H42BrNO10S. The largest absolute Gasteiger partial charge is 0.469 e. The summed E-state index contributed by atoms with van der Waals surface area (Å²) in [6.07, 6.45) is 4.49. The van der Waals surface area contributed by atoms with E-state index < -0.39 is 57.2 Å². The Kier molecular flexibility index (Phi) is 10.00. The molecule has 0 N–H and O–H groups in total.